The van der Waals surface area contributed by atoms with Crippen molar-refractivity contribution >= 4 is 28.5 Å². The molecule has 0 amide bonds. The normalized spacial score (nSPS) is 12.7. The van der Waals surface area contributed by atoms with E-state index in [1.54, 1.807) is 18.3 Å². The highest BCUT2D eigenvalue weighted by molar-refractivity contribution is 6.32. The number of halogens is 1. The van der Waals surface area contributed by atoms with E-state index in [4.69, 9.17) is 41.5 Å². The standard InChI is InChI=1S/C22H26ClN3O6/c1-13-3-4-17(25-9-13)14(2)31-20-8-19-15(7-16(20)23)18(26-32-19)5-6-21(29)30-12-22(24,10-27)11-28/h3-4,7-9,14,27-28H,5-6,10-12,24H2,1-2H3/t14-/m1/s1. The molecule has 1 aromatic carbocycles. The summed E-state index contributed by atoms with van der Waals surface area (Å²) in [7, 11) is 0. The Hall–Kier alpha value is -2.72. The van der Waals surface area contributed by atoms with E-state index in [0.29, 0.717) is 27.4 Å². The minimum Gasteiger partial charge on any atom is -0.483 e. The molecule has 0 spiro atoms. The third kappa shape index (κ3) is 5.74. The number of rotatable bonds is 10. The Morgan fingerprint density at radius 3 is 2.72 bits per heavy atom. The predicted octanol–water partition coefficient (Wildman–Crippen LogP) is 2.48. The molecule has 0 unspecified atom stereocenters. The minimum absolute atomic E-state index is 0.0145. The first-order valence-corrected chi connectivity index (χ1v) is 10.5. The second-order valence-electron chi connectivity index (χ2n) is 7.77. The molecular weight excluding hydrogens is 438 g/mol. The molecule has 0 aliphatic heterocycles. The highest BCUT2D eigenvalue weighted by Gasteiger charge is 2.25. The van der Waals surface area contributed by atoms with Crippen molar-refractivity contribution < 1.29 is 29.0 Å². The summed E-state index contributed by atoms with van der Waals surface area (Å²) in [4.78, 5) is 16.4. The number of fused-ring (bicyclic) bond motifs is 1. The van der Waals surface area contributed by atoms with Crippen LogP contribution in [0.25, 0.3) is 11.0 Å². The van der Waals surface area contributed by atoms with Crippen LogP contribution >= 0.6 is 11.6 Å². The maximum absolute atomic E-state index is 12.0. The van der Waals surface area contributed by atoms with E-state index < -0.39 is 24.7 Å². The van der Waals surface area contributed by atoms with Gasteiger partial charge in [-0.3, -0.25) is 9.78 Å². The molecule has 0 saturated heterocycles. The van der Waals surface area contributed by atoms with Crippen molar-refractivity contribution in [2.45, 2.75) is 38.3 Å². The molecule has 0 radical (unpaired) electrons. The number of esters is 1. The van der Waals surface area contributed by atoms with Gasteiger partial charge in [0.25, 0.3) is 0 Å². The summed E-state index contributed by atoms with van der Waals surface area (Å²) in [5.41, 5.74) is 7.16. The van der Waals surface area contributed by atoms with E-state index in [0.717, 1.165) is 11.3 Å². The van der Waals surface area contributed by atoms with Crippen LogP contribution in [0.4, 0.5) is 0 Å². The fraction of sp³-hybridized carbons (Fsp3) is 0.409. The number of aliphatic hydroxyl groups excluding tert-OH is 2. The summed E-state index contributed by atoms with van der Waals surface area (Å²) in [5.74, 6) is -0.105. The number of hydrogen-bond acceptors (Lipinski definition) is 9. The van der Waals surface area contributed by atoms with Gasteiger partial charge >= 0.3 is 5.97 Å². The molecule has 32 heavy (non-hydrogen) atoms. The molecule has 2 aromatic heterocycles. The van der Waals surface area contributed by atoms with Crippen molar-refractivity contribution in [3.63, 3.8) is 0 Å². The van der Waals surface area contributed by atoms with Crippen LogP contribution in [-0.2, 0) is 16.0 Å². The average Bonchev–Trinajstić information content (AvgIpc) is 3.18. The first-order chi connectivity index (χ1) is 15.2. The summed E-state index contributed by atoms with van der Waals surface area (Å²) >= 11 is 6.42. The summed E-state index contributed by atoms with van der Waals surface area (Å²) in [6.45, 7) is 2.53. The van der Waals surface area contributed by atoms with Gasteiger partial charge in [-0.2, -0.15) is 0 Å². The second kappa shape index (κ2) is 10.3. The largest absolute Gasteiger partial charge is 0.483 e. The zero-order chi connectivity index (χ0) is 23.3. The maximum Gasteiger partial charge on any atom is 0.306 e. The highest BCUT2D eigenvalue weighted by Crippen LogP contribution is 2.34. The number of hydrogen-bond donors (Lipinski definition) is 3. The third-order valence-corrected chi connectivity index (χ3v) is 5.27. The smallest absolute Gasteiger partial charge is 0.306 e. The number of aryl methyl sites for hydroxylation is 2. The minimum atomic E-state index is -1.37. The van der Waals surface area contributed by atoms with Crippen LogP contribution in [0.1, 0.15) is 36.4 Å². The van der Waals surface area contributed by atoms with Crippen molar-refractivity contribution in [1.29, 1.82) is 0 Å². The van der Waals surface area contributed by atoms with Gasteiger partial charge in [-0.1, -0.05) is 22.8 Å². The van der Waals surface area contributed by atoms with Gasteiger partial charge in [0, 0.05) is 24.1 Å². The Kier molecular flexibility index (Phi) is 7.68. The molecule has 4 N–H and O–H groups in total. The molecule has 172 valence electrons. The van der Waals surface area contributed by atoms with Crippen molar-refractivity contribution in [2.24, 2.45) is 5.73 Å². The number of aliphatic hydroxyl groups is 2. The Balaban J connectivity index is 1.65. The number of pyridine rings is 1. The average molecular weight is 464 g/mol. The lowest BCUT2D eigenvalue weighted by Crippen LogP contribution is -2.51. The molecule has 3 aromatic rings. The Morgan fingerprint density at radius 2 is 2.06 bits per heavy atom. The van der Waals surface area contributed by atoms with E-state index >= 15 is 0 Å². The quantitative estimate of drug-likeness (QED) is 0.386. The lowest BCUT2D eigenvalue weighted by Gasteiger charge is -2.23. The van der Waals surface area contributed by atoms with E-state index in [1.807, 2.05) is 26.0 Å². The van der Waals surface area contributed by atoms with Crippen molar-refractivity contribution in [3.05, 3.63) is 52.4 Å². The maximum atomic E-state index is 12.0. The lowest BCUT2D eigenvalue weighted by molar-refractivity contribution is -0.146. The van der Waals surface area contributed by atoms with Crippen molar-refractivity contribution in [3.8, 4) is 5.75 Å². The van der Waals surface area contributed by atoms with Crippen LogP contribution in [0, 0.1) is 6.92 Å². The van der Waals surface area contributed by atoms with Gasteiger partial charge in [-0.15, -0.1) is 0 Å². The van der Waals surface area contributed by atoms with Crippen molar-refractivity contribution in [2.75, 3.05) is 19.8 Å². The molecule has 9 nitrogen and oxygen atoms in total. The Labute approximate surface area is 190 Å². The van der Waals surface area contributed by atoms with Crippen LogP contribution in [0.3, 0.4) is 0 Å². The van der Waals surface area contributed by atoms with E-state index in [2.05, 4.69) is 10.1 Å². The fourth-order valence-corrected chi connectivity index (χ4v) is 3.10. The molecule has 0 saturated carbocycles. The summed E-state index contributed by atoms with van der Waals surface area (Å²) in [6.07, 6.45) is 1.72. The van der Waals surface area contributed by atoms with Gasteiger partial charge in [-0.05, 0) is 31.5 Å². The predicted molar refractivity (Wildman–Crippen MR) is 117 cm³/mol. The molecule has 3 rings (SSSR count). The summed E-state index contributed by atoms with van der Waals surface area (Å²) in [5, 5.41) is 23.4. The van der Waals surface area contributed by atoms with Gasteiger partial charge in [0.15, 0.2) is 5.58 Å². The highest BCUT2D eigenvalue weighted by atomic mass is 35.5. The van der Waals surface area contributed by atoms with E-state index in [9.17, 15) is 4.79 Å². The van der Waals surface area contributed by atoms with Crippen molar-refractivity contribution in [1.82, 2.24) is 10.1 Å². The zero-order valence-corrected chi connectivity index (χ0v) is 18.6. The Morgan fingerprint density at radius 1 is 1.31 bits per heavy atom. The number of benzene rings is 1. The SMILES string of the molecule is Cc1ccc([C@@H](C)Oc2cc3onc(CCC(=O)OCC(N)(CO)CO)c3cc2Cl)nc1. The Bertz CT molecular complexity index is 1070. The van der Waals surface area contributed by atoms with Crippen LogP contribution < -0.4 is 10.5 Å². The molecule has 10 heteroatoms. The van der Waals surface area contributed by atoms with Crippen LogP contribution in [0.5, 0.6) is 5.75 Å². The lowest BCUT2D eigenvalue weighted by atomic mass is 10.1. The topological polar surface area (TPSA) is 141 Å². The number of nitrogens with two attached hydrogens (primary N) is 1. The first kappa shape index (κ1) is 23.9. The van der Waals surface area contributed by atoms with Crippen LogP contribution in [0.15, 0.2) is 35.0 Å². The monoisotopic (exact) mass is 463 g/mol. The molecule has 0 bridgehead atoms. The van der Waals surface area contributed by atoms with Gasteiger partial charge in [-0.25, -0.2) is 0 Å². The fourth-order valence-electron chi connectivity index (χ4n) is 2.89. The third-order valence-electron chi connectivity index (χ3n) is 4.97. The van der Waals surface area contributed by atoms with Gasteiger partial charge < -0.3 is 29.9 Å². The number of nitrogens with zero attached hydrogens (tertiary/aromatic N) is 2. The van der Waals surface area contributed by atoms with E-state index in [-0.39, 0.29) is 25.6 Å². The van der Waals surface area contributed by atoms with Crippen LogP contribution in [0.2, 0.25) is 5.02 Å². The molecule has 2 heterocycles. The number of ether oxygens (including phenoxy) is 2. The molecular formula is C22H26ClN3O6. The first-order valence-electron chi connectivity index (χ1n) is 10.1. The molecule has 1 atom stereocenters. The second-order valence-corrected chi connectivity index (χ2v) is 8.18. The van der Waals surface area contributed by atoms with Gasteiger partial charge in [0.2, 0.25) is 0 Å². The number of carbonyl (C=O) groups excluding carboxylic acids is 1. The zero-order valence-electron chi connectivity index (χ0n) is 17.9. The van der Waals surface area contributed by atoms with E-state index in [1.165, 1.54) is 0 Å². The summed E-state index contributed by atoms with van der Waals surface area (Å²) in [6, 6.07) is 7.19. The number of aromatic nitrogens is 2. The molecule has 0 aliphatic carbocycles. The van der Waals surface area contributed by atoms with Crippen LogP contribution in [-0.4, -0.2) is 51.7 Å². The van der Waals surface area contributed by atoms with Gasteiger partial charge in [0.05, 0.1) is 41.6 Å². The molecule has 0 fully saturated rings. The van der Waals surface area contributed by atoms with Gasteiger partial charge in [0.1, 0.15) is 18.5 Å². The number of carbonyl (C=O) groups is 1. The molecule has 0 aliphatic rings. The summed E-state index contributed by atoms with van der Waals surface area (Å²) < 4.78 is 16.4.